The molecule has 18 heavy (non-hydrogen) atoms. The molecule has 0 heterocycles. The number of carbonyl (C=O) groups is 1. The van der Waals surface area contributed by atoms with Crippen LogP contribution in [0.3, 0.4) is 0 Å². The average Bonchev–Trinajstić information content (AvgIpc) is 2.38. The normalized spacial score (nSPS) is 11.9. The number of carbonyl (C=O) groups excluding carboxylic acids is 1. The third kappa shape index (κ3) is 4.75. The molecule has 0 saturated heterocycles. The number of hydrogen-bond donors (Lipinski definition) is 2. The van der Waals surface area contributed by atoms with E-state index < -0.39 is 0 Å². The lowest BCUT2D eigenvalue weighted by Gasteiger charge is -2.11. The Morgan fingerprint density at radius 1 is 1.39 bits per heavy atom. The summed E-state index contributed by atoms with van der Waals surface area (Å²) in [5, 5.41) is 2.89. The zero-order valence-corrected chi connectivity index (χ0v) is 11.1. The van der Waals surface area contributed by atoms with Gasteiger partial charge in [-0.25, -0.2) is 0 Å². The second-order valence-electron chi connectivity index (χ2n) is 4.34. The van der Waals surface area contributed by atoms with E-state index in [-0.39, 0.29) is 11.8 Å². The standard InChI is InChI=1S/C14H22N2O2/c1-3-4-11(2)14(17)16-12-5-7-13(8-6-12)18-10-9-15/h5-8,11H,3-4,9-10,15H2,1-2H3,(H,16,17). The van der Waals surface area contributed by atoms with Crippen molar-refractivity contribution in [3.8, 4) is 5.75 Å². The topological polar surface area (TPSA) is 64.3 Å². The Morgan fingerprint density at radius 3 is 2.61 bits per heavy atom. The zero-order chi connectivity index (χ0) is 13.4. The summed E-state index contributed by atoms with van der Waals surface area (Å²) in [6.07, 6.45) is 1.92. The summed E-state index contributed by atoms with van der Waals surface area (Å²) < 4.78 is 5.36. The van der Waals surface area contributed by atoms with Gasteiger partial charge in [-0.1, -0.05) is 20.3 Å². The number of anilines is 1. The van der Waals surface area contributed by atoms with Crippen LogP contribution in [0.2, 0.25) is 0 Å². The molecule has 1 atom stereocenters. The molecule has 1 amide bonds. The van der Waals surface area contributed by atoms with Gasteiger partial charge < -0.3 is 15.8 Å². The van der Waals surface area contributed by atoms with Crippen LogP contribution in [0.1, 0.15) is 26.7 Å². The van der Waals surface area contributed by atoms with E-state index in [0.717, 1.165) is 24.3 Å². The van der Waals surface area contributed by atoms with Crippen molar-refractivity contribution in [1.29, 1.82) is 0 Å². The van der Waals surface area contributed by atoms with Crippen LogP contribution in [0.25, 0.3) is 0 Å². The number of hydrogen-bond acceptors (Lipinski definition) is 3. The van der Waals surface area contributed by atoms with Crippen molar-refractivity contribution in [3.63, 3.8) is 0 Å². The van der Waals surface area contributed by atoms with Crippen molar-refractivity contribution in [2.45, 2.75) is 26.7 Å². The molecule has 0 bridgehead atoms. The van der Waals surface area contributed by atoms with Crippen LogP contribution in [0.4, 0.5) is 5.69 Å². The van der Waals surface area contributed by atoms with Crippen molar-refractivity contribution in [1.82, 2.24) is 0 Å². The summed E-state index contributed by atoms with van der Waals surface area (Å²) in [4.78, 5) is 11.8. The lowest BCUT2D eigenvalue weighted by Crippen LogP contribution is -2.20. The molecular formula is C14H22N2O2. The van der Waals surface area contributed by atoms with E-state index in [2.05, 4.69) is 12.2 Å². The minimum Gasteiger partial charge on any atom is -0.492 e. The van der Waals surface area contributed by atoms with E-state index in [9.17, 15) is 4.79 Å². The van der Waals surface area contributed by atoms with Gasteiger partial charge in [-0.2, -0.15) is 0 Å². The van der Waals surface area contributed by atoms with E-state index >= 15 is 0 Å². The largest absolute Gasteiger partial charge is 0.492 e. The van der Waals surface area contributed by atoms with Crippen LogP contribution >= 0.6 is 0 Å². The molecule has 1 rings (SSSR count). The van der Waals surface area contributed by atoms with Gasteiger partial charge >= 0.3 is 0 Å². The summed E-state index contributed by atoms with van der Waals surface area (Å²) in [6.45, 7) is 5.01. The first kappa shape index (κ1) is 14.5. The van der Waals surface area contributed by atoms with Crippen LogP contribution in [-0.2, 0) is 4.79 Å². The SMILES string of the molecule is CCCC(C)C(=O)Nc1ccc(OCCN)cc1. The Morgan fingerprint density at radius 2 is 2.06 bits per heavy atom. The Bertz CT molecular complexity index is 363. The summed E-state index contributed by atoms with van der Waals surface area (Å²) in [5.41, 5.74) is 6.15. The number of rotatable bonds is 7. The molecule has 0 aromatic heterocycles. The lowest BCUT2D eigenvalue weighted by molar-refractivity contribution is -0.119. The first-order valence-corrected chi connectivity index (χ1v) is 6.41. The highest BCUT2D eigenvalue weighted by atomic mass is 16.5. The van der Waals surface area contributed by atoms with Gasteiger partial charge in [0.2, 0.25) is 5.91 Å². The Labute approximate surface area is 109 Å². The maximum Gasteiger partial charge on any atom is 0.227 e. The Hall–Kier alpha value is -1.55. The van der Waals surface area contributed by atoms with E-state index in [1.54, 1.807) is 0 Å². The minimum absolute atomic E-state index is 0.0446. The molecular weight excluding hydrogens is 228 g/mol. The van der Waals surface area contributed by atoms with Crippen molar-refractivity contribution >= 4 is 11.6 Å². The molecule has 0 aliphatic rings. The third-order valence-corrected chi connectivity index (χ3v) is 2.68. The van der Waals surface area contributed by atoms with Gasteiger partial charge in [0.15, 0.2) is 0 Å². The quantitative estimate of drug-likeness (QED) is 0.781. The molecule has 0 saturated carbocycles. The fraction of sp³-hybridized carbons (Fsp3) is 0.500. The fourth-order valence-corrected chi connectivity index (χ4v) is 1.64. The fourth-order valence-electron chi connectivity index (χ4n) is 1.64. The maximum atomic E-state index is 11.8. The van der Waals surface area contributed by atoms with Gasteiger partial charge in [-0.15, -0.1) is 0 Å². The molecule has 0 aliphatic heterocycles. The number of benzene rings is 1. The number of nitrogens with one attached hydrogen (secondary N) is 1. The van der Waals surface area contributed by atoms with Crippen molar-refractivity contribution in [2.24, 2.45) is 11.7 Å². The monoisotopic (exact) mass is 250 g/mol. The Kier molecular flexibility index (Phi) is 6.22. The smallest absolute Gasteiger partial charge is 0.227 e. The van der Waals surface area contributed by atoms with E-state index in [1.165, 1.54) is 0 Å². The zero-order valence-electron chi connectivity index (χ0n) is 11.1. The highest BCUT2D eigenvalue weighted by Crippen LogP contribution is 2.17. The molecule has 1 aromatic carbocycles. The van der Waals surface area contributed by atoms with Gasteiger partial charge in [-0.3, -0.25) is 4.79 Å². The van der Waals surface area contributed by atoms with E-state index in [1.807, 2.05) is 31.2 Å². The van der Waals surface area contributed by atoms with E-state index in [0.29, 0.717) is 13.2 Å². The van der Waals surface area contributed by atoms with Crippen LogP contribution < -0.4 is 15.8 Å². The molecule has 1 unspecified atom stereocenters. The maximum absolute atomic E-state index is 11.8. The predicted octanol–water partition coefficient (Wildman–Crippen LogP) is 2.40. The van der Waals surface area contributed by atoms with Crippen molar-refractivity contribution in [2.75, 3.05) is 18.5 Å². The molecule has 0 radical (unpaired) electrons. The first-order valence-electron chi connectivity index (χ1n) is 6.41. The van der Waals surface area contributed by atoms with Crippen LogP contribution in [0.5, 0.6) is 5.75 Å². The lowest BCUT2D eigenvalue weighted by atomic mass is 10.1. The number of ether oxygens (including phenoxy) is 1. The summed E-state index contributed by atoms with van der Waals surface area (Å²) in [7, 11) is 0. The van der Waals surface area contributed by atoms with Crippen LogP contribution in [0, 0.1) is 5.92 Å². The van der Waals surface area contributed by atoms with Gasteiger partial charge in [-0.05, 0) is 30.7 Å². The second-order valence-corrected chi connectivity index (χ2v) is 4.34. The molecule has 4 nitrogen and oxygen atoms in total. The number of amides is 1. The molecule has 3 N–H and O–H groups in total. The summed E-state index contributed by atoms with van der Waals surface area (Å²) >= 11 is 0. The molecule has 0 fully saturated rings. The third-order valence-electron chi connectivity index (χ3n) is 2.68. The highest BCUT2D eigenvalue weighted by Gasteiger charge is 2.11. The van der Waals surface area contributed by atoms with Gasteiger partial charge in [0.25, 0.3) is 0 Å². The molecule has 0 aliphatic carbocycles. The first-order chi connectivity index (χ1) is 8.67. The van der Waals surface area contributed by atoms with Gasteiger partial charge in [0.05, 0.1) is 0 Å². The molecule has 1 aromatic rings. The van der Waals surface area contributed by atoms with Crippen molar-refractivity contribution < 1.29 is 9.53 Å². The van der Waals surface area contributed by atoms with E-state index in [4.69, 9.17) is 10.5 Å². The summed E-state index contributed by atoms with van der Waals surface area (Å²) in [6, 6.07) is 7.33. The molecule has 0 spiro atoms. The highest BCUT2D eigenvalue weighted by molar-refractivity contribution is 5.92. The minimum atomic E-state index is 0.0446. The molecule has 100 valence electrons. The van der Waals surface area contributed by atoms with Crippen LogP contribution in [-0.4, -0.2) is 19.1 Å². The summed E-state index contributed by atoms with van der Waals surface area (Å²) in [5.74, 6) is 0.871. The van der Waals surface area contributed by atoms with Crippen molar-refractivity contribution in [3.05, 3.63) is 24.3 Å². The van der Waals surface area contributed by atoms with Gasteiger partial charge in [0.1, 0.15) is 12.4 Å². The second kappa shape index (κ2) is 7.71. The van der Waals surface area contributed by atoms with Crippen LogP contribution in [0.15, 0.2) is 24.3 Å². The molecule has 4 heteroatoms. The Balaban J connectivity index is 2.50. The van der Waals surface area contributed by atoms with Gasteiger partial charge in [0, 0.05) is 18.2 Å². The average molecular weight is 250 g/mol. The predicted molar refractivity (Wildman–Crippen MR) is 73.7 cm³/mol. The number of nitrogens with two attached hydrogens (primary N) is 1.